The molecule has 5 nitrogen and oxygen atoms in total. The smallest absolute Gasteiger partial charge is 0.263 e. The van der Waals surface area contributed by atoms with Crippen LogP contribution in [-0.4, -0.2) is 35.7 Å². The summed E-state index contributed by atoms with van der Waals surface area (Å²) in [6.45, 7) is 0.712. The van der Waals surface area contributed by atoms with Crippen molar-refractivity contribution < 1.29 is 14.4 Å². The van der Waals surface area contributed by atoms with Gasteiger partial charge in [0.25, 0.3) is 11.8 Å². The fourth-order valence-electron chi connectivity index (χ4n) is 3.63. The van der Waals surface area contributed by atoms with Crippen LogP contribution in [0.15, 0.2) is 42.5 Å². The Bertz CT molecular complexity index is 925. The fraction of sp³-hybridized carbons (Fsp3) is 0.250. The molecule has 0 saturated carbocycles. The Hall–Kier alpha value is -2.66. The van der Waals surface area contributed by atoms with E-state index in [0.29, 0.717) is 12.1 Å². The van der Waals surface area contributed by atoms with Gasteiger partial charge in [-0.15, -0.1) is 0 Å². The highest BCUT2D eigenvalue weighted by atomic mass is 35.5. The summed E-state index contributed by atoms with van der Waals surface area (Å²) in [5.41, 5.74) is 2.61. The highest BCUT2D eigenvalue weighted by molar-refractivity contribution is 6.37. The summed E-state index contributed by atoms with van der Waals surface area (Å²) in [4.78, 5) is 40.6. The van der Waals surface area contributed by atoms with E-state index in [4.69, 9.17) is 11.6 Å². The van der Waals surface area contributed by atoms with Gasteiger partial charge in [-0.3, -0.25) is 19.3 Å². The topological polar surface area (TPSA) is 57.7 Å². The van der Waals surface area contributed by atoms with Crippen molar-refractivity contribution in [2.75, 3.05) is 18.0 Å². The third-order valence-corrected chi connectivity index (χ3v) is 5.22. The minimum atomic E-state index is -0.428. The number of rotatable bonds is 3. The van der Waals surface area contributed by atoms with Crippen LogP contribution in [-0.2, 0) is 11.2 Å². The number of amides is 3. The van der Waals surface area contributed by atoms with Crippen LogP contribution < -0.4 is 4.90 Å². The lowest BCUT2D eigenvalue weighted by Crippen LogP contribution is -2.39. The van der Waals surface area contributed by atoms with Crippen molar-refractivity contribution in [3.8, 4) is 0 Å². The zero-order valence-corrected chi connectivity index (χ0v) is 14.8. The molecule has 0 spiro atoms. The Labute approximate surface area is 156 Å². The van der Waals surface area contributed by atoms with E-state index < -0.39 is 5.91 Å². The van der Waals surface area contributed by atoms with Crippen LogP contribution in [0.4, 0.5) is 5.69 Å². The molecule has 0 N–H and O–H groups in total. The number of benzene rings is 2. The minimum absolute atomic E-state index is 0.0557. The summed E-state index contributed by atoms with van der Waals surface area (Å²) in [6.07, 6.45) is 1.96. The van der Waals surface area contributed by atoms with E-state index in [1.807, 2.05) is 24.3 Å². The van der Waals surface area contributed by atoms with Gasteiger partial charge >= 0.3 is 0 Å². The van der Waals surface area contributed by atoms with E-state index in [2.05, 4.69) is 0 Å². The number of imide groups is 1. The molecule has 0 saturated heterocycles. The van der Waals surface area contributed by atoms with Crippen molar-refractivity contribution in [3.63, 3.8) is 0 Å². The molecule has 26 heavy (non-hydrogen) atoms. The van der Waals surface area contributed by atoms with Gasteiger partial charge in [0.05, 0.1) is 16.1 Å². The van der Waals surface area contributed by atoms with Gasteiger partial charge in [0.2, 0.25) is 5.91 Å². The van der Waals surface area contributed by atoms with Gasteiger partial charge in [-0.25, -0.2) is 0 Å². The molecule has 2 aromatic carbocycles. The third-order valence-electron chi connectivity index (χ3n) is 4.91. The van der Waals surface area contributed by atoms with Gasteiger partial charge < -0.3 is 4.90 Å². The molecule has 4 rings (SSSR count). The standard InChI is InChI=1S/C20H17ClN2O3/c21-15-8-3-7-14-18(15)20(26)23(19(14)25)12-10-17(24)22-11-4-6-13-5-1-2-9-16(13)22/h1-3,5,7-9H,4,6,10-12H2. The average molecular weight is 369 g/mol. The van der Waals surface area contributed by atoms with Crippen molar-refractivity contribution in [2.45, 2.75) is 19.3 Å². The van der Waals surface area contributed by atoms with Gasteiger partial charge in [-0.2, -0.15) is 0 Å². The monoisotopic (exact) mass is 368 g/mol. The van der Waals surface area contributed by atoms with Crippen LogP contribution >= 0.6 is 11.6 Å². The first kappa shape index (κ1) is 16.8. The van der Waals surface area contributed by atoms with Crippen molar-refractivity contribution in [1.82, 2.24) is 4.90 Å². The second-order valence-electron chi connectivity index (χ2n) is 6.45. The van der Waals surface area contributed by atoms with Gasteiger partial charge in [0, 0.05) is 25.2 Å². The number of nitrogens with zero attached hydrogens (tertiary/aromatic N) is 2. The van der Waals surface area contributed by atoms with Gasteiger partial charge in [0.15, 0.2) is 0 Å². The number of carbonyl (C=O) groups is 3. The number of fused-ring (bicyclic) bond motifs is 2. The highest BCUT2D eigenvalue weighted by Crippen LogP contribution is 2.30. The molecule has 0 radical (unpaired) electrons. The Morgan fingerprint density at radius 1 is 1.04 bits per heavy atom. The van der Waals surface area contributed by atoms with E-state index in [-0.39, 0.29) is 35.4 Å². The van der Waals surface area contributed by atoms with Crippen LogP contribution in [0.3, 0.4) is 0 Å². The molecule has 2 aromatic rings. The Balaban J connectivity index is 1.49. The summed E-state index contributed by atoms with van der Waals surface area (Å²) >= 11 is 6.06. The van der Waals surface area contributed by atoms with E-state index in [1.165, 1.54) is 0 Å². The summed E-state index contributed by atoms with van der Waals surface area (Å²) < 4.78 is 0. The molecule has 0 unspecified atom stereocenters. The number of halogens is 1. The summed E-state index contributed by atoms with van der Waals surface area (Å²) in [5, 5.41) is 0.264. The molecule has 0 bridgehead atoms. The Kier molecular flexibility index (Phi) is 4.24. The molecular weight excluding hydrogens is 352 g/mol. The summed E-state index contributed by atoms with van der Waals surface area (Å²) in [5.74, 6) is -0.901. The molecule has 3 amide bonds. The molecule has 0 fully saturated rings. The van der Waals surface area contributed by atoms with E-state index in [0.717, 1.165) is 29.0 Å². The largest absolute Gasteiger partial charge is 0.312 e. The Morgan fingerprint density at radius 3 is 2.65 bits per heavy atom. The SMILES string of the molecule is O=C1c2cccc(Cl)c2C(=O)N1CCC(=O)N1CCCc2ccccc21. The van der Waals surface area contributed by atoms with Crippen molar-refractivity contribution in [2.24, 2.45) is 0 Å². The third kappa shape index (κ3) is 2.69. The van der Waals surface area contributed by atoms with E-state index in [1.54, 1.807) is 23.1 Å². The van der Waals surface area contributed by atoms with Crippen LogP contribution in [0.5, 0.6) is 0 Å². The lowest BCUT2D eigenvalue weighted by molar-refractivity contribution is -0.118. The average Bonchev–Trinajstić information content (AvgIpc) is 2.91. The number of para-hydroxylation sites is 1. The second kappa shape index (κ2) is 6.57. The molecule has 2 aliphatic rings. The molecule has 2 aliphatic heterocycles. The molecule has 0 atom stereocenters. The van der Waals surface area contributed by atoms with Crippen molar-refractivity contribution >= 4 is 35.0 Å². The van der Waals surface area contributed by atoms with E-state index >= 15 is 0 Å². The molecule has 0 aromatic heterocycles. The maximum Gasteiger partial charge on any atom is 0.263 e. The first-order chi connectivity index (χ1) is 12.6. The summed E-state index contributed by atoms with van der Waals surface area (Å²) in [6, 6.07) is 12.7. The van der Waals surface area contributed by atoms with Crippen LogP contribution in [0, 0.1) is 0 Å². The molecule has 0 aliphatic carbocycles. The molecule has 2 heterocycles. The number of aryl methyl sites for hydroxylation is 1. The quantitative estimate of drug-likeness (QED) is 0.781. The maximum absolute atomic E-state index is 12.7. The molecule has 6 heteroatoms. The van der Waals surface area contributed by atoms with Crippen LogP contribution in [0.25, 0.3) is 0 Å². The van der Waals surface area contributed by atoms with Crippen molar-refractivity contribution in [3.05, 3.63) is 64.2 Å². The van der Waals surface area contributed by atoms with E-state index in [9.17, 15) is 14.4 Å². The zero-order chi connectivity index (χ0) is 18.3. The molecule has 132 valence electrons. The number of carbonyl (C=O) groups excluding carboxylic acids is 3. The maximum atomic E-state index is 12.7. The predicted molar refractivity (Wildman–Crippen MR) is 98.6 cm³/mol. The number of hydrogen-bond donors (Lipinski definition) is 0. The fourth-order valence-corrected chi connectivity index (χ4v) is 3.89. The Morgan fingerprint density at radius 2 is 1.85 bits per heavy atom. The number of anilines is 1. The summed E-state index contributed by atoms with van der Waals surface area (Å²) in [7, 11) is 0. The second-order valence-corrected chi connectivity index (χ2v) is 6.86. The zero-order valence-electron chi connectivity index (χ0n) is 14.1. The molecular formula is C20H17ClN2O3. The highest BCUT2D eigenvalue weighted by Gasteiger charge is 2.37. The lowest BCUT2D eigenvalue weighted by atomic mass is 10.0. The first-order valence-corrected chi connectivity index (χ1v) is 8.98. The first-order valence-electron chi connectivity index (χ1n) is 8.61. The van der Waals surface area contributed by atoms with Crippen molar-refractivity contribution in [1.29, 1.82) is 0 Å². The lowest BCUT2D eigenvalue weighted by Gasteiger charge is -2.30. The van der Waals surface area contributed by atoms with Crippen LogP contribution in [0.1, 0.15) is 39.1 Å². The van der Waals surface area contributed by atoms with Gasteiger partial charge in [-0.1, -0.05) is 35.9 Å². The van der Waals surface area contributed by atoms with Crippen LogP contribution in [0.2, 0.25) is 5.02 Å². The number of hydrogen-bond acceptors (Lipinski definition) is 3. The predicted octanol–water partition coefficient (Wildman–Crippen LogP) is 3.31. The normalized spacial score (nSPS) is 15.9. The minimum Gasteiger partial charge on any atom is -0.312 e. The van der Waals surface area contributed by atoms with Gasteiger partial charge in [0.1, 0.15) is 0 Å². The van der Waals surface area contributed by atoms with Gasteiger partial charge in [-0.05, 0) is 36.6 Å².